The van der Waals surface area contributed by atoms with E-state index >= 15 is 0 Å². The molecule has 0 aromatic rings. The molecule has 0 bridgehead atoms. The smallest absolute Gasteiger partial charge is 0.0582 e. The summed E-state index contributed by atoms with van der Waals surface area (Å²) in [6, 6.07) is 0.678. The lowest BCUT2D eigenvalue weighted by Crippen LogP contribution is -2.23. The normalized spacial score (nSPS) is 14.8. The molecule has 0 N–H and O–H groups in total. The molecule has 0 aliphatic heterocycles. The van der Waals surface area contributed by atoms with Gasteiger partial charge in [0.2, 0.25) is 0 Å². The van der Waals surface area contributed by atoms with E-state index in [0.29, 0.717) is 12.1 Å². The Kier molecular flexibility index (Phi) is 5.03. The van der Waals surface area contributed by atoms with Gasteiger partial charge in [0, 0.05) is 23.7 Å². The number of aliphatic imine (C=N–C) groups is 2. The van der Waals surface area contributed by atoms with Gasteiger partial charge in [-0.2, -0.15) is 0 Å². The van der Waals surface area contributed by atoms with Crippen LogP contribution in [-0.2, 0) is 0 Å². The largest absolute Gasteiger partial charge is 0.289 e. The van der Waals surface area contributed by atoms with E-state index < -0.39 is 0 Å². The average molecular weight is 196 g/mol. The Morgan fingerprint density at radius 2 is 1.50 bits per heavy atom. The van der Waals surface area contributed by atoms with Crippen molar-refractivity contribution in [1.29, 1.82) is 0 Å². The summed E-state index contributed by atoms with van der Waals surface area (Å²) in [5.41, 5.74) is 1.17. The van der Waals surface area contributed by atoms with Crippen LogP contribution >= 0.6 is 0 Å². The highest BCUT2D eigenvalue weighted by atomic mass is 14.8. The van der Waals surface area contributed by atoms with Gasteiger partial charge in [0.1, 0.15) is 0 Å². The maximum Gasteiger partial charge on any atom is 0.0582 e. The molecule has 2 nitrogen and oxygen atoms in total. The van der Waals surface area contributed by atoms with Crippen LogP contribution < -0.4 is 0 Å². The van der Waals surface area contributed by atoms with Crippen molar-refractivity contribution in [3.05, 3.63) is 0 Å². The molecule has 0 radical (unpaired) electrons. The van der Waals surface area contributed by atoms with Crippen molar-refractivity contribution >= 4 is 11.9 Å². The Morgan fingerprint density at radius 3 is 1.79 bits per heavy atom. The molecule has 0 saturated carbocycles. The molecule has 0 aliphatic rings. The van der Waals surface area contributed by atoms with Gasteiger partial charge in [0.05, 0.1) is 5.71 Å². The zero-order chi connectivity index (χ0) is 11.4. The van der Waals surface area contributed by atoms with Gasteiger partial charge in [-0.05, 0) is 27.7 Å². The van der Waals surface area contributed by atoms with Crippen LogP contribution in [0.25, 0.3) is 0 Å². The summed E-state index contributed by atoms with van der Waals surface area (Å²) in [5, 5.41) is 0. The van der Waals surface area contributed by atoms with E-state index in [-0.39, 0.29) is 5.41 Å². The molecular formula is C12H24N2. The summed E-state index contributed by atoms with van der Waals surface area (Å²) in [7, 11) is 0. The summed E-state index contributed by atoms with van der Waals surface area (Å²) in [6.45, 7) is 14.8. The molecule has 0 atom stereocenters. The third-order valence-corrected chi connectivity index (χ3v) is 1.66. The topological polar surface area (TPSA) is 24.7 Å². The molecule has 0 amide bonds. The maximum atomic E-state index is 4.59. The molecule has 0 aromatic carbocycles. The van der Waals surface area contributed by atoms with Crippen molar-refractivity contribution in [2.75, 3.05) is 0 Å². The number of nitrogens with zero attached hydrogens (tertiary/aromatic N) is 2. The van der Waals surface area contributed by atoms with Crippen molar-refractivity contribution in [3.63, 3.8) is 0 Å². The first-order chi connectivity index (χ1) is 6.23. The average Bonchev–Trinajstić information content (AvgIpc) is 1.94. The van der Waals surface area contributed by atoms with E-state index in [1.165, 1.54) is 0 Å². The third kappa shape index (κ3) is 5.90. The first kappa shape index (κ1) is 13.3. The fourth-order valence-electron chi connectivity index (χ4n) is 0.918. The number of hydrogen-bond donors (Lipinski definition) is 0. The molecule has 0 unspecified atom stereocenters. The molecule has 0 rings (SSSR count). The molecule has 0 fully saturated rings. The minimum Gasteiger partial charge on any atom is -0.289 e. The predicted octanol–water partition coefficient (Wildman–Crippen LogP) is 3.36. The lowest BCUT2D eigenvalue weighted by Gasteiger charge is -2.19. The molecule has 14 heavy (non-hydrogen) atoms. The highest BCUT2D eigenvalue weighted by Gasteiger charge is 2.17. The van der Waals surface area contributed by atoms with Crippen LogP contribution in [0.1, 0.15) is 48.5 Å². The van der Waals surface area contributed by atoms with Gasteiger partial charge < -0.3 is 0 Å². The van der Waals surface area contributed by atoms with E-state index in [1.54, 1.807) is 0 Å². The van der Waals surface area contributed by atoms with Gasteiger partial charge >= 0.3 is 0 Å². The second-order valence-corrected chi connectivity index (χ2v) is 5.23. The monoisotopic (exact) mass is 196 g/mol. The van der Waals surface area contributed by atoms with E-state index in [1.807, 2.05) is 6.21 Å². The molecule has 0 aromatic heterocycles. The van der Waals surface area contributed by atoms with Crippen LogP contribution in [0.3, 0.4) is 0 Å². The van der Waals surface area contributed by atoms with Crippen molar-refractivity contribution in [2.45, 2.75) is 60.5 Å². The summed E-state index contributed by atoms with van der Waals surface area (Å²) < 4.78 is 0. The second-order valence-electron chi connectivity index (χ2n) is 5.23. The highest BCUT2D eigenvalue weighted by Crippen LogP contribution is 2.16. The van der Waals surface area contributed by atoms with Gasteiger partial charge in [-0.3, -0.25) is 9.98 Å². The Morgan fingerprint density at radius 1 is 1.00 bits per heavy atom. The Labute approximate surface area is 88.5 Å². The van der Waals surface area contributed by atoms with Crippen LogP contribution in [0.4, 0.5) is 0 Å². The maximum absolute atomic E-state index is 4.59. The van der Waals surface area contributed by atoms with Crippen LogP contribution in [-0.4, -0.2) is 24.0 Å². The minimum atomic E-state index is 0.0860. The van der Waals surface area contributed by atoms with E-state index in [0.717, 1.165) is 5.71 Å². The summed E-state index contributed by atoms with van der Waals surface area (Å²) in [6.07, 6.45) is 1.92. The minimum absolute atomic E-state index is 0.0860. The van der Waals surface area contributed by atoms with Crippen molar-refractivity contribution in [3.8, 4) is 0 Å². The zero-order valence-corrected chi connectivity index (χ0v) is 10.6. The Hall–Kier alpha value is -0.660. The van der Waals surface area contributed by atoms with Crippen LogP contribution in [0.15, 0.2) is 9.98 Å². The molecule has 0 heterocycles. The van der Waals surface area contributed by atoms with Crippen molar-refractivity contribution in [2.24, 2.45) is 15.4 Å². The highest BCUT2D eigenvalue weighted by molar-refractivity contribution is 6.32. The summed E-state index contributed by atoms with van der Waals surface area (Å²) >= 11 is 0. The summed E-state index contributed by atoms with van der Waals surface area (Å²) in [4.78, 5) is 8.98. The van der Waals surface area contributed by atoms with E-state index in [4.69, 9.17) is 0 Å². The molecule has 0 saturated heterocycles. The van der Waals surface area contributed by atoms with Crippen molar-refractivity contribution < 1.29 is 0 Å². The van der Waals surface area contributed by atoms with E-state index in [2.05, 4.69) is 58.5 Å². The number of rotatable bonds is 3. The second kappa shape index (κ2) is 5.28. The van der Waals surface area contributed by atoms with Gasteiger partial charge in [0.25, 0.3) is 0 Å². The molecule has 0 aliphatic carbocycles. The predicted molar refractivity (Wildman–Crippen MR) is 65.7 cm³/mol. The van der Waals surface area contributed by atoms with Gasteiger partial charge in [-0.15, -0.1) is 0 Å². The molecular weight excluding hydrogens is 172 g/mol. The van der Waals surface area contributed by atoms with Crippen LogP contribution in [0.5, 0.6) is 0 Å². The standard InChI is InChI=1S/C12H24N2/c1-9(2)13-8-11(12(5,6)7)14-10(3)4/h8-10H,1-7H3. The third-order valence-electron chi connectivity index (χ3n) is 1.66. The molecule has 2 heteroatoms. The van der Waals surface area contributed by atoms with Gasteiger partial charge in [0.15, 0.2) is 0 Å². The van der Waals surface area contributed by atoms with Crippen LogP contribution in [0, 0.1) is 5.41 Å². The van der Waals surface area contributed by atoms with Gasteiger partial charge in [-0.25, -0.2) is 0 Å². The van der Waals surface area contributed by atoms with Gasteiger partial charge in [-0.1, -0.05) is 20.8 Å². The molecule has 0 spiro atoms. The fraction of sp³-hybridized carbons (Fsp3) is 0.833. The first-order valence-electron chi connectivity index (χ1n) is 5.35. The molecule has 82 valence electrons. The SMILES string of the molecule is CC(C)N=CC(=NC(C)C)C(C)(C)C. The fourth-order valence-corrected chi connectivity index (χ4v) is 0.918. The lowest BCUT2D eigenvalue weighted by atomic mass is 9.90. The van der Waals surface area contributed by atoms with Crippen molar-refractivity contribution in [1.82, 2.24) is 0 Å². The number of hydrogen-bond acceptors (Lipinski definition) is 2. The lowest BCUT2D eigenvalue weighted by molar-refractivity contribution is 0.590. The summed E-state index contributed by atoms with van der Waals surface area (Å²) in [5.74, 6) is 0. The Bertz CT molecular complexity index is 217. The first-order valence-corrected chi connectivity index (χ1v) is 5.35. The van der Waals surface area contributed by atoms with Crippen LogP contribution in [0.2, 0.25) is 0 Å². The Balaban J connectivity index is 4.76. The zero-order valence-electron chi connectivity index (χ0n) is 10.6. The van der Waals surface area contributed by atoms with E-state index in [9.17, 15) is 0 Å². The quantitative estimate of drug-likeness (QED) is 0.618.